The van der Waals surface area contributed by atoms with Crippen LogP contribution in [0, 0.1) is 0 Å². The second kappa shape index (κ2) is 11.1. The summed E-state index contributed by atoms with van der Waals surface area (Å²) in [7, 11) is 0. The highest BCUT2D eigenvalue weighted by molar-refractivity contribution is 6.30. The Balaban J connectivity index is 1.68. The molecule has 0 atom stereocenters. The fraction of sp³-hybridized carbons (Fsp3) is 0.458. The molecule has 0 aliphatic heterocycles. The predicted octanol–water partition coefficient (Wildman–Crippen LogP) is 6.16. The van der Waals surface area contributed by atoms with Crippen molar-refractivity contribution in [3.63, 3.8) is 0 Å². The molecule has 0 spiro atoms. The molecular formula is C24H30ClNO3. The topological polar surface area (TPSA) is 47.6 Å². The second-order valence-corrected chi connectivity index (χ2v) is 7.95. The summed E-state index contributed by atoms with van der Waals surface area (Å²) >= 11 is 5.93. The number of hydrogen-bond acceptors (Lipinski definition) is 3. The molecule has 1 aliphatic carbocycles. The molecule has 5 heteroatoms. The fourth-order valence-electron chi connectivity index (χ4n) is 3.69. The molecule has 1 saturated carbocycles. The summed E-state index contributed by atoms with van der Waals surface area (Å²) in [6.07, 6.45) is 8.35. The molecule has 0 saturated heterocycles. The number of carbonyl (C=O) groups excluding carboxylic acids is 1. The SMILES string of the molecule is CCOc1ccc(C(=O)NC2CCCCCCC2)cc1COc1ccc(Cl)cc1. The third-order valence-electron chi connectivity index (χ3n) is 5.27. The Labute approximate surface area is 178 Å². The summed E-state index contributed by atoms with van der Waals surface area (Å²) in [5.41, 5.74) is 1.50. The van der Waals surface area contributed by atoms with Crippen LogP contribution in [0.4, 0.5) is 0 Å². The minimum Gasteiger partial charge on any atom is -0.493 e. The molecule has 29 heavy (non-hydrogen) atoms. The second-order valence-electron chi connectivity index (χ2n) is 7.51. The van der Waals surface area contributed by atoms with E-state index in [2.05, 4.69) is 5.32 Å². The number of amides is 1. The first-order valence-corrected chi connectivity index (χ1v) is 11.0. The van der Waals surface area contributed by atoms with Gasteiger partial charge in [0.1, 0.15) is 18.1 Å². The van der Waals surface area contributed by atoms with Crippen LogP contribution in [0.15, 0.2) is 42.5 Å². The summed E-state index contributed by atoms with van der Waals surface area (Å²) in [4.78, 5) is 12.8. The van der Waals surface area contributed by atoms with Crippen LogP contribution in [0.5, 0.6) is 11.5 Å². The van der Waals surface area contributed by atoms with Gasteiger partial charge in [-0.25, -0.2) is 0 Å². The van der Waals surface area contributed by atoms with Gasteiger partial charge in [0.15, 0.2) is 0 Å². The first-order valence-electron chi connectivity index (χ1n) is 10.6. The van der Waals surface area contributed by atoms with E-state index in [4.69, 9.17) is 21.1 Å². The maximum absolute atomic E-state index is 12.8. The third kappa shape index (κ3) is 6.67. The minimum absolute atomic E-state index is 0.0219. The van der Waals surface area contributed by atoms with Crippen molar-refractivity contribution in [2.24, 2.45) is 0 Å². The molecule has 3 rings (SSSR count). The van der Waals surface area contributed by atoms with Crippen LogP contribution in [-0.2, 0) is 6.61 Å². The number of hydrogen-bond donors (Lipinski definition) is 1. The summed E-state index contributed by atoms with van der Waals surface area (Å²) in [5.74, 6) is 1.44. The monoisotopic (exact) mass is 415 g/mol. The Hall–Kier alpha value is -2.20. The van der Waals surface area contributed by atoms with E-state index in [1.165, 1.54) is 32.1 Å². The highest BCUT2D eigenvalue weighted by atomic mass is 35.5. The third-order valence-corrected chi connectivity index (χ3v) is 5.52. The number of ether oxygens (including phenoxy) is 2. The Morgan fingerprint density at radius 2 is 1.69 bits per heavy atom. The molecule has 4 nitrogen and oxygen atoms in total. The van der Waals surface area contributed by atoms with Gasteiger partial charge in [0.2, 0.25) is 0 Å². The average molecular weight is 416 g/mol. The summed E-state index contributed by atoms with van der Waals surface area (Å²) in [6, 6.07) is 13.1. The zero-order valence-corrected chi connectivity index (χ0v) is 17.8. The molecule has 0 aromatic heterocycles. The first kappa shape index (κ1) is 21.5. The van der Waals surface area contributed by atoms with Gasteiger partial charge < -0.3 is 14.8 Å². The molecule has 0 unspecified atom stereocenters. The van der Waals surface area contributed by atoms with Crippen LogP contribution < -0.4 is 14.8 Å². The Kier molecular flexibility index (Phi) is 8.24. The molecule has 1 N–H and O–H groups in total. The summed E-state index contributed by atoms with van der Waals surface area (Å²) in [5, 5.41) is 3.89. The molecule has 156 valence electrons. The average Bonchev–Trinajstić information content (AvgIpc) is 2.70. The van der Waals surface area contributed by atoms with Crippen LogP contribution in [0.2, 0.25) is 5.02 Å². The van der Waals surface area contributed by atoms with Crippen molar-refractivity contribution < 1.29 is 14.3 Å². The van der Waals surface area contributed by atoms with Crippen LogP contribution in [-0.4, -0.2) is 18.6 Å². The van der Waals surface area contributed by atoms with E-state index in [9.17, 15) is 4.79 Å². The molecule has 1 aliphatic rings. The van der Waals surface area contributed by atoms with Gasteiger partial charge in [-0.05, 0) is 62.2 Å². The zero-order valence-electron chi connectivity index (χ0n) is 17.1. The van der Waals surface area contributed by atoms with E-state index in [1.807, 2.05) is 37.3 Å². The smallest absolute Gasteiger partial charge is 0.251 e. The quantitative estimate of drug-likeness (QED) is 0.589. The van der Waals surface area contributed by atoms with Crippen molar-refractivity contribution in [3.8, 4) is 11.5 Å². The van der Waals surface area contributed by atoms with E-state index >= 15 is 0 Å². The van der Waals surface area contributed by atoms with Crippen molar-refractivity contribution >= 4 is 17.5 Å². The number of rotatable bonds is 7. The van der Waals surface area contributed by atoms with Crippen LogP contribution in [0.25, 0.3) is 0 Å². The molecule has 0 heterocycles. The standard InChI is InChI=1S/C24H30ClNO3/c1-2-28-23-15-10-18(24(27)26-21-8-6-4-3-5-7-9-21)16-19(23)17-29-22-13-11-20(25)12-14-22/h10-16,21H,2-9,17H2,1H3,(H,26,27). The minimum atomic E-state index is -0.0219. The number of carbonyl (C=O) groups is 1. The van der Waals surface area contributed by atoms with Crippen molar-refractivity contribution in [3.05, 3.63) is 58.6 Å². The number of benzene rings is 2. The van der Waals surface area contributed by atoms with Crippen molar-refractivity contribution in [1.29, 1.82) is 0 Å². The maximum Gasteiger partial charge on any atom is 0.251 e. The molecule has 0 radical (unpaired) electrons. The molecule has 1 amide bonds. The summed E-state index contributed by atoms with van der Waals surface area (Å²) < 4.78 is 11.6. The van der Waals surface area contributed by atoms with Gasteiger partial charge in [0.05, 0.1) is 6.61 Å². The molecule has 1 fully saturated rings. The van der Waals surface area contributed by atoms with E-state index in [0.29, 0.717) is 23.8 Å². The zero-order chi connectivity index (χ0) is 20.5. The van der Waals surface area contributed by atoms with Gasteiger partial charge in [-0.2, -0.15) is 0 Å². The number of halogens is 1. The maximum atomic E-state index is 12.8. The Bertz CT molecular complexity index is 783. The van der Waals surface area contributed by atoms with Gasteiger partial charge in [0, 0.05) is 22.2 Å². The highest BCUT2D eigenvalue weighted by Crippen LogP contribution is 2.24. The molecular weight excluding hydrogens is 386 g/mol. The van der Waals surface area contributed by atoms with Crippen LogP contribution >= 0.6 is 11.6 Å². The van der Waals surface area contributed by atoms with E-state index < -0.39 is 0 Å². The van der Waals surface area contributed by atoms with E-state index in [-0.39, 0.29) is 11.9 Å². The summed E-state index contributed by atoms with van der Waals surface area (Å²) in [6.45, 7) is 2.82. The van der Waals surface area contributed by atoms with E-state index in [0.717, 1.165) is 29.9 Å². The van der Waals surface area contributed by atoms with Gasteiger partial charge in [-0.1, -0.05) is 43.7 Å². The fourth-order valence-corrected chi connectivity index (χ4v) is 3.82. The van der Waals surface area contributed by atoms with Crippen LogP contribution in [0.1, 0.15) is 67.8 Å². The predicted molar refractivity (Wildman–Crippen MR) is 117 cm³/mol. The van der Waals surface area contributed by atoms with Gasteiger partial charge >= 0.3 is 0 Å². The van der Waals surface area contributed by atoms with Gasteiger partial charge in [-0.3, -0.25) is 4.79 Å². The highest BCUT2D eigenvalue weighted by Gasteiger charge is 2.17. The van der Waals surface area contributed by atoms with Gasteiger partial charge in [-0.15, -0.1) is 0 Å². The van der Waals surface area contributed by atoms with Crippen molar-refractivity contribution in [1.82, 2.24) is 5.32 Å². The normalized spacial score (nSPS) is 15.2. The lowest BCUT2D eigenvalue weighted by atomic mass is 9.96. The molecule has 2 aromatic carbocycles. The molecule has 0 bridgehead atoms. The number of nitrogens with one attached hydrogen (secondary N) is 1. The Morgan fingerprint density at radius 1 is 1.00 bits per heavy atom. The lowest BCUT2D eigenvalue weighted by molar-refractivity contribution is 0.0930. The van der Waals surface area contributed by atoms with E-state index in [1.54, 1.807) is 12.1 Å². The Morgan fingerprint density at radius 3 is 2.38 bits per heavy atom. The van der Waals surface area contributed by atoms with Gasteiger partial charge in [0.25, 0.3) is 5.91 Å². The van der Waals surface area contributed by atoms with Crippen molar-refractivity contribution in [2.75, 3.05) is 6.61 Å². The van der Waals surface area contributed by atoms with Crippen molar-refractivity contribution in [2.45, 2.75) is 64.5 Å². The largest absolute Gasteiger partial charge is 0.493 e. The lowest BCUT2D eigenvalue weighted by Crippen LogP contribution is -2.35. The molecule has 2 aromatic rings. The van der Waals surface area contributed by atoms with Crippen LogP contribution in [0.3, 0.4) is 0 Å². The lowest BCUT2D eigenvalue weighted by Gasteiger charge is -2.21. The first-order chi connectivity index (χ1) is 14.2.